The average Bonchev–Trinajstić information content (AvgIpc) is 3.19. The average molecular weight is 406 g/mol. The monoisotopic (exact) mass is 405 g/mol. The van der Waals surface area contributed by atoms with Crippen molar-refractivity contribution in [2.45, 2.75) is 33.4 Å². The van der Waals surface area contributed by atoms with Gasteiger partial charge in [0.25, 0.3) is 0 Å². The molecular formula is C24H27N3OS. The van der Waals surface area contributed by atoms with E-state index in [1.165, 1.54) is 22.4 Å². The van der Waals surface area contributed by atoms with Gasteiger partial charge in [-0.3, -0.25) is 0 Å². The fourth-order valence-electron chi connectivity index (χ4n) is 4.01. The maximum absolute atomic E-state index is 5.88. The Morgan fingerprint density at radius 1 is 1.10 bits per heavy atom. The van der Waals surface area contributed by atoms with Crippen LogP contribution in [0.5, 0.6) is 5.75 Å². The van der Waals surface area contributed by atoms with E-state index >= 15 is 0 Å². The molecule has 1 N–H and O–H groups in total. The Bertz CT molecular complexity index is 1010. The van der Waals surface area contributed by atoms with Gasteiger partial charge in [-0.15, -0.1) is 0 Å². The Hall–Kier alpha value is -2.79. The molecule has 0 saturated heterocycles. The summed E-state index contributed by atoms with van der Waals surface area (Å²) in [7, 11) is 0. The number of hydrogen-bond donors (Lipinski definition) is 1. The molecule has 0 unspecified atom stereocenters. The van der Waals surface area contributed by atoms with Crippen LogP contribution in [0.3, 0.4) is 0 Å². The molecule has 1 atom stereocenters. The first kappa shape index (κ1) is 19.5. The second-order valence-corrected chi connectivity index (χ2v) is 7.86. The molecule has 1 aliphatic heterocycles. The Morgan fingerprint density at radius 3 is 2.62 bits per heavy atom. The molecule has 1 aromatic heterocycles. The van der Waals surface area contributed by atoms with E-state index in [-0.39, 0.29) is 6.04 Å². The van der Waals surface area contributed by atoms with Gasteiger partial charge < -0.3 is 19.5 Å². The van der Waals surface area contributed by atoms with Crippen molar-refractivity contribution in [2.75, 3.05) is 18.5 Å². The number of nitrogens with one attached hydrogen (secondary N) is 1. The third-order valence-electron chi connectivity index (χ3n) is 5.43. The van der Waals surface area contributed by atoms with Gasteiger partial charge in [0, 0.05) is 30.7 Å². The predicted octanol–water partition coefficient (Wildman–Crippen LogP) is 5.31. The SMILES string of the molecule is CCOc1ccc([C@H]2c3cccn3CCN2C(=S)Nc2ccc(C)cc2C)cc1. The first-order valence-electron chi connectivity index (χ1n) is 10.1. The lowest BCUT2D eigenvalue weighted by atomic mass is 10.00. The van der Waals surface area contributed by atoms with Crippen LogP contribution in [-0.2, 0) is 6.54 Å². The fourth-order valence-corrected chi connectivity index (χ4v) is 4.31. The highest BCUT2D eigenvalue weighted by Gasteiger charge is 2.30. The zero-order valence-electron chi connectivity index (χ0n) is 17.2. The lowest BCUT2D eigenvalue weighted by molar-refractivity contribution is 0.293. The van der Waals surface area contributed by atoms with Gasteiger partial charge >= 0.3 is 0 Å². The van der Waals surface area contributed by atoms with E-state index in [1.807, 2.05) is 19.1 Å². The number of nitrogens with zero attached hydrogens (tertiary/aromatic N) is 2. The van der Waals surface area contributed by atoms with Gasteiger partial charge in [0.1, 0.15) is 5.75 Å². The molecule has 4 nitrogen and oxygen atoms in total. The maximum Gasteiger partial charge on any atom is 0.174 e. The van der Waals surface area contributed by atoms with E-state index in [9.17, 15) is 0 Å². The van der Waals surface area contributed by atoms with Crippen molar-refractivity contribution < 1.29 is 4.74 Å². The first-order valence-corrected chi connectivity index (χ1v) is 10.5. The summed E-state index contributed by atoms with van der Waals surface area (Å²) in [4.78, 5) is 2.29. The van der Waals surface area contributed by atoms with Crippen molar-refractivity contribution in [2.24, 2.45) is 0 Å². The number of hydrogen-bond acceptors (Lipinski definition) is 2. The van der Waals surface area contributed by atoms with Gasteiger partial charge in [-0.25, -0.2) is 0 Å². The summed E-state index contributed by atoms with van der Waals surface area (Å²) in [5, 5.41) is 4.24. The smallest absolute Gasteiger partial charge is 0.174 e. The van der Waals surface area contributed by atoms with Crippen LogP contribution in [0.25, 0.3) is 0 Å². The van der Waals surface area contributed by atoms with Crippen molar-refractivity contribution in [3.63, 3.8) is 0 Å². The van der Waals surface area contributed by atoms with E-state index in [1.54, 1.807) is 0 Å². The molecule has 0 spiro atoms. The standard InChI is InChI=1S/C24H27N3OS/c1-4-28-20-10-8-19(9-11-20)23-22-6-5-13-26(22)14-15-27(23)24(29)25-21-12-7-17(2)16-18(21)3/h5-13,16,23H,4,14-15H2,1-3H3,(H,25,29)/t23-/m0/s1. The molecule has 0 amide bonds. The van der Waals surface area contributed by atoms with Crippen molar-refractivity contribution in [1.29, 1.82) is 0 Å². The zero-order valence-corrected chi connectivity index (χ0v) is 18.0. The minimum absolute atomic E-state index is 0.0696. The number of rotatable bonds is 4. The molecule has 4 rings (SSSR count). The number of benzene rings is 2. The molecule has 29 heavy (non-hydrogen) atoms. The molecule has 5 heteroatoms. The Morgan fingerprint density at radius 2 is 1.90 bits per heavy atom. The quantitative estimate of drug-likeness (QED) is 0.596. The topological polar surface area (TPSA) is 29.4 Å². The lowest BCUT2D eigenvalue weighted by Gasteiger charge is -2.39. The molecular weight excluding hydrogens is 378 g/mol. The highest BCUT2D eigenvalue weighted by atomic mass is 32.1. The second kappa shape index (κ2) is 8.29. The van der Waals surface area contributed by atoms with Crippen LogP contribution >= 0.6 is 12.2 Å². The van der Waals surface area contributed by atoms with Crippen LogP contribution in [0.4, 0.5) is 5.69 Å². The van der Waals surface area contributed by atoms with E-state index < -0.39 is 0 Å². The van der Waals surface area contributed by atoms with Crippen molar-refractivity contribution >= 4 is 23.0 Å². The summed E-state index contributed by atoms with van der Waals surface area (Å²) in [5.41, 5.74) is 5.97. The highest BCUT2D eigenvalue weighted by molar-refractivity contribution is 7.80. The van der Waals surface area contributed by atoms with E-state index in [2.05, 4.69) is 77.3 Å². The summed E-state index contributed by atoms with van der Waals surface area (Å²) in [6.45, 7) is 8.67. The fraction of sp³-hybridized carbons (Fsp3) is 0.292. The van der Waals surface area contributed by atoms with Gasteiger partial charge in [-0.05, 0) is 74.4 Å². The summed E-state index contributed by atoms with van der Waals surface area (Å²) in [5.74, 6) is 0.893. The molecule has 0 bridgehead atoms. The van der Waals surface area contributed by atoms with Crippen molar-refractivity contribution in [3.05, 3.63) is 83.2 Å². The lowest BCUT2D eigenvalue weighted by Crippen LogP contribution is -2.44. The molecule has 2 heterocycles. The Labute approximate surface area is 178 Å². The van der Waals surface area contributed by atoms with Gasteiger partial charge in [0.15, 0.2) is 5.11 Å². The summed E-state index contributed by atoms with van der Waals surface area (Å²) in [6, 6.07) is 19.1. The normalized spacial score (nSPS) is 15.7. The van der Waals surface area contributed by atoms with E-state index in [4.69, 9.17) is 17.0 Å². The number of fused-ring (bicyclic) bond motifs is 1. The third-order valence-corrected chi connectivity index (χ3v) is 5.77. The van der Waals surface area contributed by atoms with Crippen LogP contribution in [0, 0.1) is 13.8 Å². The largest absolute Gasteiger partial charge is 0.494 e. The molecule has 1 aliphatic rings. The third kappa shape index (κ3) is 4.01. The van der Waals surface area contributed by atoms with Gasteiger partial charge in [0.2, 0.25) is 0 Å². The number of aromatic nitrogens is 1. The van der Waals surface area contributed by atoms with Crippen LogP contribution in [0.15, 0.2) is 60.8 Å². The molecule has 150 valence electrons. The molecule has 0 saturated carbocycles. The molecule has 2 aromatic carbocycles. The number of aryl methyl sites for hydroxylation is 2. The predicted molar refractivity (Wildman–Crippen MR) is 123 cm³/mol. The number of anilines is 1. The number of thiocarbonyl (C=S) groups is 1. The molecule has 0 aliphatic carbocycles. The second-order valence-electron chi connectivity index (χ2n) is 7.47. The molecule has 0 radical (unpaired) electrons. The minimum Gasteiger partial charge on any atom is -0.494 e. The van der Waals surface area contributed by atoms with E-state index in [0.29, 0.717) is 6.61 Å². The zero-order chi connectivity index (χ0) is 20.4. The van der Waals surface area contributed by atoms with Crippen molar-refractivity contribution in [1.82, 2.24) is 9.47 Å². The summed E-state index contributed by atoms with van der Waals surface area (Å²) in [6.07, 6.45) is 2.15. The van der Waals surface area contributed by atoms with Crippen LogP contribution in [0.1, 0.15) is 35.3 Å². The van der Waals surface area contributed by atoms with Crippen LogP contribution in [-0.4, -0.2) is 27.7 Å². The van der Waals surface area contributed by atoms with Crippen LogP contribution < -0.4 is 10.1 Å². The summed E-state index contributed by atoms with van der Waals surface area (Å²) >= 11 is 5.88. The maximum atomic E-state index is 5.88. The Balaban J connectivity index is 1.64. The number of ether oxygens (including phenoxy) is 1. The molecule has 0 fully saturated rings. The summed E-state index contributed by atoms with van der Waals surface area (Å²) < 4.78 is 7.94. The molecule has 3 aromatic rings. The van der Waals surface area contributed by atoms with Gasteiger partial charge in [0.05, 0.1) is 12.6 Å². The minimum atomic E-state index is 0.0696. The van der Waals surface area contributed by atoms with Crippen LogP contribution in [0.2, 0.25) is 0 Å². The van der Waals surface area contributed by atoms with E-state index in [0.717, 1.165) is 29.6 Å². The van der Waals surface area contributed by atoms with Gasteiger partial charge in [-0.1, -0.05) is 29.8 Å². The van der Waals surface area contributed by atoms with Crippen molar-refractivity contribution in [3.8, 4) is 5.75 Å². The highest BCUT2D eigenvalue weighted by Crippen LogP contribution is 2.34. The first-order chi connectivity index (χ1) is 14.1. The van der Waals surface area contributed by atoms with Gasteiger partial charge in [-0.2, -0.15) is 0 Å². The Kier molecular flexibility index (Phi) is 5.58.